The summed E-state index contributed by atoms with van der Waals surface area (Å²) in [6.07, 6.45) is 5.47. The Morgan fingerprint density at radius 2 is 1.82 bits per heavy atom. The van der Waals surface area contributed by atoms with Gasteiger partial charge in [0.05, 0.1) is 11.7 Å². The lowest BCUT2D eigenvalue weighted by Gasteiger charge is -2.34. The number of aromatic nitrogens is 6. The van der Waals surface area contributed by atoms with E-state index in [2.05, 4.69) is 86.7 Å². The lowest BCUT2D eigenvalue weighted by atomic mass is 10.1. The second-order valence-electron chi connectivity index (χ2n) is 8.68. The molecule has 5 aromatic rings. The summed E-state index contributed by atoms with van der Waals surface area (Å²) in [6.45, 7) is 7.22. The SMILES string of the molecule is CCn1ncc2cc(-c3nccn4nc(Nc5ccc(N6CCN(C)CC6)cc5)nc34)ccc21. The minimum absolute atomic E-state index is 0.543. The predicted octanol–water partition coefficient (Wildman–Crippen LogP) is 3.66. The highest BCUT2D eigenvalue weighted by atomic mass is 15.4. The summed E-state index contributed by atoms with van der Waals surface area (Å²) in [5, 5.41) is 13.5. The van der Waals surface area contributed by atoms with Crippen molar-refractivity contribution in [1.82, 2.24) is 34.3 Å². The third-order valence-electron chi connectivity index (χ3n) is 6.46. The summed E-state index contributed by atoms with van der Waals surface area (Å²) in [7, 11) is 2.17. The van der Waals surface area contributed by atoms with Gasteiger partial charge in [-0.3, -0.25) is 9.67 Å². The van der Waals surface area contributed by atoms with Crippen LogP contribution in [0.5, 0.6) is 0 Å². The molecule has 9 nitrogen and oxygen atoms in total. The summed E-state index contributed by atoms with van der Waals surface area (Å²) in [5.74, 6) is 0.543. The number of hydrogen-bond acceptors (Lipinski definition) is 7. The van der Waals surface area contributed by atoms with Crippen molar-refractivity contribution >= 4 is 33.9 Å². The molecule has 6 rings (SSSR count). The Morgan fingerprint density at radius 3 is 2.62 bits per heavy atom. The van der Waals surface area contributed by atoms with Gasteiger partial charge in [0.1, 0.15) is 5.69 Å². The standard InChI is InChI=1S/C25H27N9/c1-3-33-22-9-4-18(16-19(22)17-27-33)23-24-29-25(30-34(24)11-10-26-23)28-20-5-7-21(8-6-20)32-14-12-31(2)13-15-32/h4-11,16-17H,3,12-15H2,1-2H3,(H,28,30). The zero-order valence-electron chi connectivity index (χ0n) is 19.4. The number of fused-ring (bicyclic) bond motifs is 2. The fourth-order valence-electron chi connectivity index (χ4n) is 4.51. The molecule has 0 amide bonds. The van der Waals surface area contributed by atoms with Crippen LogP contribution in [-0.2, 0) is 6.54 Å². The lowest BCUT2D eigenvalue weighted by molar-refractivity contribution is 0.313. The molecule has 0 unspecified atom stereocenters. The molecule has 4 heterocycles. The molecule has 0 aliphatic carbocycles. The highest BCUT2D eigenvalue weighted by Crippen LogP contribution is 2.27. The maximum absolute atomic E-state index is 4.75. The summed E-state index contributed by atoms with van der Waals surface area (Å²) < 4.78 is 3.75. The molecule has 0 bridgehead atoms. The predicted molar refractivity (Wildman–Crippen MR) is 135 cm³/mol. The van der Waals surface area contributed by atoms with E-state index in [0.29, 0.717) is 11.6 Å². The van der Waals surface area contributed by atoms with Gasteiger partial charge in [-0.2, -0.15) is 10.1 Å². The number of anilines is 3. The van der Waals surface area contributed by atoms with Crippen LogP contribution in [0, 0.1) is 0 Å². The topological polar surface area (TPSA) is 79.4 Å². The van der Waals surface area contributed by atoms with Crippen LogP contribution >= 0.6 is 0 Å². The van der Waals surface area contributed by atoms with Crippen molar-refractivity contribution in [2.75, 3.05) is 43.4 Å². The number of nitrogens with one attached hydrogen (secondary N) is 1. The number of piperazine rings is 1. The molecule has 172 valence electrons. The fourth-order valence-corrected chi connectivity index (χ4v) is 4.51. The van der Waals surface area contributed by atoms with Gasteiger partial charge in [0, 0.05) is 67.4 Å². The molecular formula is C25H27N9. The van der Waals surface area contributed by atoms with Crippen molar-refractivity contribution in [3.63, 3.8) is 0 Å². The molecule has 1 aliphatic heterocycles. The van der Waals surface area contributed by atoms with Gasteiger partial charge in [-0.25, -0.2) is 4.52 Å². The highest BCUT2D eigenvalue weighted by Gasteiger charge is 2.15. The summed E-state index contributed by atoms with van der Waals surface area (Å²) in [4.78, 5) is 14.1. The number of rotatable bonds is 5. The first kappa shape index (κ1) is 20.6. The summed E-state index contributed by atoms with van der Waals surface area (Å²) in [5.41, 5.74) is 5.80. The van der Waals surface area contributed by atoms with Crippen molar-refractivity contribution in [2.24, 2.45) is 0 Å². The van der Waals surface area contributed by atoms with Crippen molar-refractivity contribution in [2.45, 2.75) is 13.5 Å². The third-order valence-corrected chi connectivity index (χ3v) is 6.46. The first-order valence-corrected chi connectivity index (χ1v) is 11.7. The van der Waals surface area contributed by atoms with E-state index in [-0.39, 0.29) is 0 Å². The van der Waals surface area contributed by atoms with Crippen LogP contribution in [-0.4, -0.2) is 67.5 Å². The molecule has 1 aliphatic rings. The van der Waals surface area contributed by atoms with Crippen LogP contribution in [0.15, 0.2) is 61.1 Å². The molecule has 0 spiro atoms. The quantitative estimate of drug-likeness (QED) is 0.435. The van der Waals surface area contributed by atoms with E-state index >= 15 is 0 Å². The largest absolute Gasteiger partial charge is 0.369 e. The number of nitrogens with zero attached hydrogens (tertiary/aromatic N) is 8. The molecule has 9 heteroatoms. The van der Waals surface area contributed by atoms with Crippen LogP contribution in [0.2, 0.25) is 0 Å². The maximum Gasteiger partial charge on any atom is 0.247 e. The molecule has 34 heavy (non-hydrogen) atoms. The van der Waals surface area contributed by atoms with Crippen LogP contribution in [0.4, 0.5) is 17.3 Å². The average molecular weight is 454 g/mol. The summed E-state index contributed by atoms with van der Waals surface area (Å²) in [6, 6.07) is 14.7. The first-order chi connectivity index (χ1) is 16.7. The van der Waals surface area contributed by atoms with Crippen molar-refractivity contribution < 1.29 is 0 Å². The number of aryl methyl sites for hydroxylation is 1. The summed E-state index contributed by atoms with van der Waals surface area (Å²) >= 11 is 0. The van der Waals surface area contributed by atoms with Gasteiger partial charge in [0.25, 0.3) is 0 Å². The molecule has 2 aromatic carbocycles. The van der Waals surface area contributed by atoms with Crippen LogP contribution in [0.1, 0.15) is 6.92 Å². The molecule has 1 N–H and O–H groups in total. The van der Waals surface area contributed by atoms with E-state index in [9.17, 15) is 0 Å². The Morgan fingerprint density at radius 1 is 1.00 bits per heavy atom. The molecule has 0 radical (unpaired) electrons. The Hall–Kier alpha value is -3.98. The number of benzene rings is 2. The smallest absolute Gasteiger partial charge is 0.247 e. The molecule has 1 saturated heterocycles. The van der Waals surface area contributed by atoms with E-state index in [1.54, 1.807) is 10.7 Å². The van der Waals surface area contributed by atoms with Gasteiger partial charge in [-0.05, 0) is 50.4 Å². The molecule has 1 fully saturated rings. The highest BCUT2D eigenvalue weighted by molar-refractivity contribution is 5.86. The second kappa shape index (κ2) is 8.42. The third kappa shape index (κ3) is 3.73. The van der Waals surface area contributed by atoms with E-state index in [0.717, 1.165) is 60.6 Å². The Labute approximate surface area is 197 Å². The molecule has 0 saturated carbocycles. The van der Waals surface area contributed by atoms with Gasteiger partial charge in [0.15, 0.2) is 5.65 Å². The minimum Gasteiger partial charge on any atom is -0.369 e. The Kier molecular flexibility index (Phi) is 5.10. The fraction of sp³-hybridized carbons (Fsp3) is 0.280. The Balaban J connectivity index is 1.26. The van der Waals surface area contributed by atoms with Gasteiger partial charge >= 0.3 is 0 Å². The minimum atomic E-state index is 0.543. The van der Waals surface area contributed by atoms with Crippen LogP contribution in [0.3, 0.4) is 0 Å². The van der Waals surface area contributed by atoms with Crippen molar-refractivity contribution in [3.8, 4) is 11.3 Å². The van der Waals surface area contributed by atoms with Gasteiger partial charge in [0.2, 0.25) is 5.95 Å². The molecular weight excluding hydrogens is 426 g/mol. The first-order valence-electron chi connectivity index (χ1n) is 11.7. The van der Waals surface area contributed by atoms with Crippen molar-refractivity contribution in [3.05, 3.63) is 61.1 Å². The molecule has 3 aromatic heterocycles. The zero-order valence-corrected chi connectivity index (χ0v) is 19.4. The van der Waals surface area contributed by atoms with E-state index < -0.39 is 0 Å². The molecule has 0 atom stereocenters. The van der Waals surface area contributed by atoms with Crippen LogP contribution in [0.25, 0.3) is 27.8 Å². The maximum atomic E-state index is 4.75. The van der Waals surface area contributed by atoms with Crippen LogP contribution < -0.4 is 10.2 Å². The zero-order chi connectivity index (χ0) is 23.1. The van der Waals surface area contributed by atoms with E-state index in [1.165, 1.54) is 5.69 Å². The van der Waals surface area contributed by atoms with Gasteiger partial charge < -0.3 is 15.1 Å². The normalized spacial score (nSPS) is 14.8. The van der Waals surface area contributed by atoms with Gasteiger partial charge in [-0.15, -0.1) is 5.10 Å². The average Bonchev–Trinajstić information content (AvgIpc) is 3.47. The van der Waals surface area contributed by atoms with Gasteiger partial charge in [-0.1, -0.05) is 6.07 Å². The van der Waals surface area contributed by atoms with E-state index in [1.807, 2.05) is 17.1 Å². The van der Waals surface area contributed by atoms with Crippen molar-refractivity contribution in [1.29, 1.82) is 0 Å². The second-order valence-corrected chi connectivity index (χ2v) is 8.68. The number of likely N-dealkylation sites (N-methyl/N-ethyl adjacent to an activating group) is 1. The lowest BCUT2D eigenvalue weighted by Crippen LogP contribution is -2.44. The number of hydrogen-bond donors (Lipinski definition) is 1. The Bertz CT molecular complexity index is 1440. The monoisotopic (exact) mass is 453 g/mol. The van der Waals surface area contributed by atoms with E-state index in [4.69, 9.17) is 4.98 Å².